The van der Waals surface area contributed by atoms with E-state index in [1.54, 1.807) is 0 Å². The zero-order valence-electron chi connectivity index (χ0n) is 11.1. The highest BCUT2D eigenvalue weighted by atomic mass is 16.5. The number of hydrogen-bond acceptors (Lipinski definition) is 3. The van der Waals surface area contributed by atoms with Crippen LogP contribution < -0.4 is 5.32 Å². The molecule has 0 amide bonds. The summed E-state index contributed by atoms with van der Waals surface area (Å²) in [6.45, 7) is 9.93. The fourth-order valence-electron chi connectivity index (χ4n) is 1.93. The highest BCUT2D eigenvalue weighted by Crippen LogP contribution is 2.19. The minimum atomic E-state index is -0.292. The van der Waals surface area contributed by atoms with Crippen molar-refractivity contribution in [3.63, 3.8) is 0 Å². The van der Waals surface area contributed by atoms with Crippen LogP contribution in [-0.4, -0.2) is 36.5 Å². The van der Waals surface area contributed by atoms with Crippen molar-refractivity contribution in [3.8, 4) is 0 Å². The van der Waals surface area contributed by atoms with Crippen molar-refractivity contribution < 1.29 is 9.84 Å². The molecule has 0 radical (unpaired) electrons. The highest BCUT2D eigenvalue weighted by Gasteiger charge is 2.23. The van der Waals surface area contributed by atoms with Gasteiger partial charge in [-0.25, -0.2) is 0 Å². The maximum atomic E-state index is 9.90. The third kappa shape index (κ3) is 4.81. The molecule has 1 heterocycles. The Morgan fingerprint density at radius 2 is 2.12 bits per heavy atom. The summed E-state index contributed by atoms with van der Waals surface area (Å²) in [5, 5.41) is 13.3. The van der Waals surface area contributed by atoms with E-state index in [-0.39, 0.29) is 11.5 Å². The monoisotopic (exact) mass is 229 g/mol. The zero-order valence-corrected chi connectivity index (χ0v) is 11.1. The average molecular weight is 229 g/mol. The Labute approximate surface area is 99.6 Å². The predicted octanol–water partition coefficient (Wildman–Crippen LogP) is 1.94. The molecule has 1 saturated heterocycles. The van der Waals surface area contributed by atoms with Crippen LogP contribution in [0.15, 0.2) is 0 Å². The number of aliphatic hydroxyl groups excluding tert-OH is 1. The van der Waals surface area contributed by atoms with Crippen molar-refractivity contribution in [2.45, 2.75) is 65.2 Å². The molecule has 0 aromatic heterocycles. The molecule has 1 aliphatic rings. The van der Waals surface area contributed by atoms with Gasteiger partial charge in [-0.2, -0.15) is 0 Å². The second-order valence-electron chi connectivity index (χ2n) is 6.06. The molecule has 0 saturated carbocycles. The van der Waals surface area contributed by atoms with Crippen LogP contribution in [-0.2, 0) is 4.74 Å². The van der Waals surface area contributed by atoms with E-state index in [0.717, 1.165) is 13.0 Å². The number of rotatable bonds is 5. The number of aliphatic hydroxyl groups is 1. The van der Waals surface area contributed by atoms with Gasteiger partial charge >= 0.3 is 0 Å². The average Bonchev–Trinajstić information content (AvgIpc) is 2.65. The molecule has 3 nitrogen and oxygen atoms in total. The van der Waals surface area contributed by atoms with Crippen LogP contribution >= 0.6 is 0 Å². The minimum absolute atomic E-state index is 0.0451. The summed E-state index contributed by atoms with van der Waals surface area (Å²) in [6.07, 6.45) is 3.57. The molecule has 3 heteroatoms. The summed E-state index contributed by atoms with van der Waals surface area (Å²) < 4.78 is 5.60. The molecule has 0 aliphatic carbocycles. The molecular formula is C13H27NO2. The summed E-state index contributed by atoms with van der Waals surface area (Å²) in [5.41, 5.74) is -0.0451. The molecule has 1 rings (SSSR count). The normalized spacial score (nSPS) is 25.7. The Bertz CT molecular complexity index is 195. The van der Waals surface area contributed by atoms with Crippen LogP contribution in [0.25, 0.3) is 0 Å². The Morgan fingerprint density at radius 3 is 2.62 bits per heavy atom. The van der Waals surface area contributed by atoms with Crippen LogP contribution in [0.5, 0.6) is 0 Å². The quantitative estimate of drug-likeness (QED) is 0.757. The van der Waals surface area contributed by atoms with E-state index in [1.807, 2.05) is 0 Å². The molecule has 2 N–H and O–H groups in total. The number of hydrogen-bond donors (Lipinski definition) is 2. The fraction of sp³-hybridized carbons (Fsp3) is 1.00. The fourth-order valence-corrected chi connectivity index (χ4v) is 1.93. The Morgan fingerprint density at radius 1 is 1.44 bits per heavy atom. The van der Waals surface area contributed by atoms with Gasteiger partial charge in [0.15, 0.2) is 0 Å². The van der Waals surface area contributed by atoms with Crippen LogP contribution in [0, 0.1) is 5.41 Å². The Hall–Kier alpha value is -0.120. The van der Waals surface area contributed by atoms with Crippen molar-refractivity contribution in [1.82, 2.24) is 5.32 Å². The van der Waals surface area contributed by atoms with E-state index < -0.39 is 0 Å². The molecule has 0 aromatic rings. The molecule has 3 atom stereocenters. The maximum Gasteiger partial charge on any atom is 0.0712 e. The van der Waals surface area contributed by atoms with Crippen LogP contribution in [0.3, 0.4) is 0 Å². The smallest absolute Gasteiger partial charge is 0.0712 e. The first-order chi connectivity index (χ1) is 7.39. The highest BCUT2D eigenvalue weighted by molar-refractivity contribution is 4.78. The maximum absolute atomic E-state index is 9.90. The number of ether oxygens (including phenoxy) is 1. The summed E-state index contributed by atoms with van der Waals surface area (Å²) in [4.78, 5) is 0. The van der Waals surface area contributed by atoms with Crippen LogP contribution in [0.1, 0.15) is 47.0 Å². The molecular weight excluding hydrogens is 202 g/mol. The molecule has 96 valence electrons. The predicted molar refractivity (Wildman–Crippen MR) is 66.5 cm³/mol. The molecule has 0 spiro atoms. The van der Waals surface area contributed by atoms with Crippen molar-refractivity contribution in [3.05, 3.63) is 0 Å². The second-order valence-corrected chi connectivity index (χ2v) is 6.06. The van der Waals surface area contributed by atoms with E-state index in [0.29, 0.717) is 18.7 Å². The van der Waals surface area contributed by atoms with E-state index in [9.17, 15) is 5.11 Å². The lowest BCUT2D eigenvalue weighted by atomic mass is 9.89. The van der Waals surface area contributed by atoms with Gasteiger partial charge in [-0.1, -0.05) is 20.8 Å². The van der Waals surface area contributed by atoms with Gasteiger partial charge in [0.05, 0.1) is 12.2 Å². The molecule has 3 unspecified atom stereocenters. The topological polar surface area (TPSA) is 41.5 Å². The van der Waals surface area contributed by atoms with Gasteiger partial charge in [0.2, 0.25) is 0 Å². The SMILES string of the molecule is CC(CC1CCCO1)NCC(O)C(C)(C)C. The molecule has 1 aliphatic heterocycles. The van der Waals surface area contributed by atoms with Gasteiger partial charge in [0.25, 0.3) is 0 Å². The minimum Gasteiger partial charge on any atom is -0.391 e. The van der Waals surface area contributed by atoms with Gasteiger partial charge in [-0.05, 0) is 31.6 Å². The van der Waals surface area contributed by atoms with E-state index in [2.05, 4.69) is 33.0 Å². The van der Waals surface area contributed by atoms with E-state index in [4.69, 9.17) is 4.74 Å². The lowest BCUT2D eigenvalue weighted by molar-refractivity contribution is 0.0559. The van der Waals surface area contributed by atoms with Crippen LogP contribution in [0.4, 0.5) is 0 Å². The van der Waals surface area contributed by atoms with Crippen LogP contribution in [0.2, 0.25) is 0 Å². The lowest BCUT2D eigenvalue weighted by Gasteiger charge is -2.28. The zero-order chi connectivity index (χ0) is 12.2. The van der Waals surface area contributed by atoms with E-state index >= 15 is 0 Å². The molecule has 1 fully saturated rings. The number of nitrogens with one attached hydrogen (secondary N) is 1. The van der Waals surface area contributed by atoms with E-state index in [1.165, 1.54) is 12.8 Å². The molecule has 0 bridgehead atoms. The van der Waals surface area contributed by atoms with Crippen molar-refractivity contribution in [2.24, 2.45) is 5.41 Å². The summed E-state index contributed by atoms with van der Waals surface area (Å²) in [5.74, 6) is 0. The first-order valence-electron chi connectivity index (χ1n) is 6.42. The Balaban J connectivity index is 2.16. The molecule has 0 aromatic carbocycles. The van der Waals surface area contributed by atoms with Gasteiger partial charge in [-0.3, -0.25) is 0 Å². The van der Waals surface area contributed by atoms with Crippen molar-refractivity contribution in [1.29, 1.82) is 0 Å². The van der Waals surface area contributed by atoms with Gasteiger partial charge in [-0.15, -0.1) is 0 Å². The lowest BCUT2D eigenvalue weighted by Crippen LogP contribution is -2.41. The standard InChI is InChI=1S/C13H27NO2/c1-10(8-11-6-5-7-16-11)14-9-12(15)13(2,3)4/h10-12,14-15H,5-9H2,1-4H3. The second kappa shape index (κ2) is 5.99. The summed E-state index contributed by atoms with van der Waals surface area (Å²) in [7, 11) is 0. The Kier molecular flexibility index (Phi) is 5.22. The first-order valence-corrected chi connectivity index (χ1v) is 6.42. The van der Waals surface area contributed by atoms with Gasteiger partial charge in [0.1, 0.15) is 0 Å². The third-order valence-electron chi connectivity index (χ3n) is 3.30. The van der Waals surface area contributed by atoms with Crippen molar-refractivity contribution >= 4 is 0 Å². The van der Waals surface area contributed by atoms with Gasteiger partial charge in [0, 0.05) is 19.2 Å². The third-order valence-corrected chi connectivity index (χ3v) is 3.30. The van der Waals surface area contributed by atoms with Gasteiger partial charge < -0.3 is 15.2 Å². The van der Waals surface area contributed by atoms with Crippen molar-refractivity contribution in [2.75, 3.05) is 13.2 Å². The summed E-state index contributed by atoms with van der Waals surface area (Å²) in [6, 6.07) is 0.417. The summed E-state index contributed by atoms with van der Waals surface area (Å²) >= 11 is 0. The first kappa shape index (κ1) is 13.9. The molecule has 16 heavy (non-hydrogen) atoms. The largest absolute Gasteiger partial charge is 0.391 e.